The molecule has 3 aromatic carbocycles. The van der Waals surface area contributed by atoms with Crippen molar-refractivity contribution in [3.05, 3.63) is 99.1 Å². The summed E-state index contributed by atoms with van der Waals surface area (Å²) in [5, 5.41) is 19.9. The molecule has 0 bridgehead atoms. The highest BCUT2D eigenvalue weighted by Gasteiger charge is 2.18. The largest absolute Gasteiger partial charge is 0.508 e. The average Bonchev–Trinajstić information content (AvgIpc) is 3.21. The zero-order valence-corrected chi connectivity index (χ0v) is 18.5. The standard InChI is InChI=1S/C23H18Cl3N3O2/c24-17-6-4-15(5-7-17)14-31-23(20-9-8-18(25)11-21(20)26)13-29-12-22(27-28-29)16-2-1-3-19(30)10-16/h1-12,23,30H,13-14H2. The van der Waals surface area contributed by atoms with Crippen molar-refractivity contribution >= 4 is 34.8 Å². The van der Waals surface area contributed by atoms with Gasteiger partial charge in [-0.1, -0.05) is 70.3 Å². The Balaban J connectivity index is 1.57. The highest BCUT2D eigenvalue weighted by Crippen LogP contribution is 2.31. The minimum absolute atomic E-state index is 0.171. The van der Waals surface area contributed by atoms with E-state index < -0.39 is 0 Å². The number of nitrogens with zero attached hydrogens (tertiary/aromatic N) is 3. The summed E-state index contributed by atoms with van der Waals surface area (Å²) in [5.74, 6) is 0.171. The van der Waals surface area contributed by atoms with Crippen LogP contribution in [0.3, 0.4) is 0 Å². The quantitative estimate of drug-likeness (QED) is 0.329. The fraction of sp³-hybridized carbons (Fsp3) is 0.130. The van der Waals surface area contributed by atoms with Crippen LogP contribution in [-0.2, 0) is 17.9 Å². The zero-order valence-electron chi connectivity index (χ0n) is 16.3. The summed E-state index contributed by atoms with van der Waals surface area (Å²) >= 11 is 18.5. The second kappa shape index (κ2) is 9.71. The lowest BCUT2D eigenvalue weighted by Crippen LogP contribution is -2.14. The van der Waals surface area contributed by atoms with Crippen LogP contribution in [0.25, 0.3) is 11.3 Å². The Morgan fingerprint density at radius 3 is 2.45 bits per heavy atom. The average molecular weight is 475 g/mol. The van der Waals surface area contributed by atoms with Crippen molar-refractivity contribution in [1.82, 2.24) is 15.0 Å². The topological polar surface area (TPSA) is 60.2 Å². The molecule has 1 heterocycles. The minimum atomic E-state index is -0.390. The molecular formula is C23H18Cl3N3O2. The summed E-state index contributed by atoms with van der Waals surface area (Å²) in [7, 11) is 0. The number of rotatable bonds is 7. The number of phenolic OH excluding ortho intramolecular Hbond substituents is 1. The lowest BCUT2D eigenvalue weighted by molar-refractivity contribution is 0.0254. The SMILES string of the molecule is Oc1cccc(-c2cn(CC(OCc3ccc(Cl)cc3)c3ccc(Cl)cc3Cl)nn2)c1. The van der Waals surface area contributed by atoms with Crippen molar-refractivity contribution in [2.75, 3.05) is 0 Å². The maximum atomic E-state index is 9.71. The molecule has 4 rings (SSSR count). The highest BCUT2D eigenvalue weighted by atomic mass is 35.5. The molecule has 1 aromatic heterocycles. The summed E-state index contributed by atoms with van der Waals surface area (Å²) in [6.07, 6.45) is 1.41. The fourth-order valence-corrected chi connectivity index (χ4v) is 3.79. The maximum Gasteiger partial charge on any atom is 0.116 e. The molecule has 1 N–H and O–H groups in total. The molecule has 0 spiro atoms. The van der Waals surface area contributed by atoms with Crippen LogP contribution in [0.15, 0.2) is 72.9 Å². The minimum Gasteiger partial charge on any atom is -0.508 e. The molecule has 4 aromatic rings. The molecule has 0 fully saturated rings. The van der Waals surface area contributed by atoms with Gasteiger partial charge in [0.2, 0.25) is 0 Å². The normalized spacial score (nSPS) is 12.1. The number of ether oxygens (including phenoxy) is 1. The Morgan fingerprint density at radius 2 is 1.71 bits per heavy atom. The van der Waals surface area contributed by atoms with E-state index in [2.05, 4.69) is 10.3 Å². The molecule has 0 aliphatic carbocycles. The summed E-state index contributed by atoms with van der Waals surface area (Å²) < 4.78 is 7.90. The number of aromatic nitrogens is 3. The van der Waals surface area contributed by atoms with Crippen molar-refractivity contribution in [2.45, 2.75) is 19.3 Å². The number of halogens is 3. The molecule has 0 saturated heterocycles. The smallest absolute Gasteiger partial charge is 0.116 e. The van der Waals surface area contributed by atoms with Crippen molar-refractivity contribution in [3.8, 4) is 17.0 Å². The summed E-state index contributed by atoms with van der Waals surface area (Å²) in [5.41, 5.74) is 3.21. The van der Waals surface area contributed by atoms with Gasteiger partial charge in [-0.3, -0.25) is 0 Å². The number of hydrogen-bond donors (Lipinski definition) is 1. The Kier molecular flexibility index (Phi) is 6.78. The number of hydrogen-bond acceptors (Lipinski definition) is 4. The van der Waals surface area contributed by atoms with Crippen molar-refractivity contribution in [2.24, 2.45) is 0 Å². The molecule has 1 unspecified atom stereocenters. The van der Waals surface area contributed by atoms with Crippen LogP contribution in [0.5, 0.6) is 5.75 Å². The third-order valence-corrected chi connectivity index (χ3v) is 5.52. The van der Waals surface area contributed by atoms with Crippen molar-refractivity contribution in [1.29, 1.82) is 0 Å². The second-order valence-corrected chi connectivity index (χ2v) is 8.25. The zero-order chi connectivity index (χ0) is 21.8. The van der Waals surface area contributed by atoms with Gasteiger partial charge in [-0.15, -0.1) is 5.10 Å². The van der Waals surface area contributed by atoms with E-state index in [1.165, 1.54) is 0 Å². The van der Waals surface area contributed by atoms with Crippen molar-refractivity contribution < 1.29 is 9.84 Å². The first-order valence-corrected chi connectivity index (χ1v) is 10.6. The Hall–Kier alpha value is -2.57. The summed E-state index contributed by atoms with van der Waals surface area (Å²) in [6.45, 7) is 0.760. The molecule has 5 nitrogen and oxygen atoms in total. The van der Waals surface area contributed by atoms with Crippen LogP contribution in [-0.4, -0.2) is 20.1 Å². The van der Waals surface area contributed by atoms with E-state index in [4.69, 9.17) is 39.5 Å². The highest BCUT2D eigenvalue weighted by molar-refractivity contribution is 6.35. The Bertz CT molecular complexity index is 1180. The van der Waals surface area contributed by atoms with Crippen LogP contribution >= 0.6 is 34.8 Å². The Morgan fingerprint density at radius 1 is 0.935 bits per heavy atom. The number of phenols is 1. The van der Waals surface area contributed by atoms with E-state index in [1.807, 2.05) is 36.4 Å². The monoisotopic (exact) mass is 473 g/mol. The third-order valence-electron chi connectivity index (χ3n) is 4.71. The molecule has 8 heteroatoms. The van der Waals surface area contributed by atoms with Gasteiger partial charge in [0.25, 0.3) is 0 Å². The molecule has 1 atom stereocenters. The van der Waals surface area contributed by atoms with E-state index in [1.54, 1.807) is 41.2 Å². The predicted octanol–water partition coefficient (Wildman–Crippen LogP) is 6.57. The molecule has 0 aliphatic rings. The first kappa shape index (κ1) is 21.7. The third kappa shape index (κ3) is 5.57. The van der Waals surface area contributed by atoms with Gasteiger partial charge in [0.05, 0.1) is 19.3 Å². The number of aromatic hydroxyl groups is 1. The fourth-order valence-electron chi connectivity index (χ4n) is 3.14. The van der Waals surface area contributed by atoms with Gasteiger partial charge >= 0.3 is 0 Å². The first-order chi connectivity index (χ1) is 15.0. The van der Waals surface area contributed by atoms with E-state index in [-0.39, 0.29) is 11.9 Å². The van der Waals surface area contributed by atoms with Crippen LogP contribution in [0, 0.1) is 0 Å². The van der Waals surface area contributed by atoms with Gasteiger partial charge in [-0.2, -0.15) is 0 Å². The van der Waals surface area contributed by atoms with Gasteiger partial charge in [0.1, 0.15) is 17.5 Å². The molecule has 0 radical (unpaired) electrons. The molecule has 0 amide bonds. The molecular weight excluding hydrogens is 457 g/mol. The molecule has 0 aliphatic heterocycles. The van der Waals surface area contributed by atoms with Gasteiger partial charge in [0.15, 0.2) is 0 Å². The van der Waals surface area contributed by atoms with Crippen LogP contribution in [0.4, 0.5) is 0 Å². The first-order valence-electron chi connectivity index (χ1n) is 9.48. The lowest BCUT2D eigenvalue weighted by atomic mass is 10.1. The van der Waals surface area contributed by atoms with Crippen molar-refractivity contribution in [3.63, 3.8) is 0 Å². The summed E-state index contributed by atoms with van der Waals surface area (Å²) in [6, 6.07) is 19.7. The van der Waals surface area contributed by atoms with E-state index in [9.17, 15) is 5.11 Å². The van der Waals surface area contributed by atoms with E-state index in [0.717, 1.165) is 16.7 Å². The van der Waals surface area contributed by atoms with Gasteiger partial charge < -0.3 is 9.84 Å². The van der Waals surface area contributed by atoms with E-state index in [0.29, 0.717) is 33.9 Å². The number of benzene rings is 3. The van der Waals surface area contributed by atoms with Gasteiger partial charge in [0, 0.05) is 26.2 Å². The molecule has 31 heavy (non-hydrogen) atoms. The summed E-state index contributed by atoms with van der Waals surface area (Å²) in [4.78, 5) is 0. The van der Waals surface area contributed by atoms with Crippen LogP contribution in [0.2, 0.25) is 15.1 Å². The molecule has 0 saturated carbocycles. The maximum absolute atomic E-state index is 9.71. The van der Waals surface area contributed by atoms with Gasteiger partial charge in [-0.05, 0) is 42.0 Å². The lowest BCUT2D eigenvalue weighted by Gasteiger charge is -2.20. The van der Waals surface area contributed by atoms with Crippen LogP contribution < -0.4 is 0 Å². The van der Waals surface area contributed by atoms with Crippen LogP contribution in [0.1, 0.15) is 17.2 Å². The van der Waals surface area contributed by atoms with Gasteiger partial charge in [-0.25, -0.2) is 4.68 Å². The second-order valence-electron chi connectivity index (χ2n) is 6.97. The van der Waals surface area contributed by atoms with E-state index >= 15 is 0 Å². The predicted molar refractivity (Wildman–Crippen MR) is 123 cm³/mol. The molecule has 158 valence electrons. The Labute approximate surface area is 194 Å².